The van der Waals surface area contributed by atoms with Crippen LogP contribution in [0, 0.1) is 0 Å². The molecule has 3 unspecified atom stereocenters. The lowest BCUT2D eigenvalue weighted by Crippen LogP contribution is -2.53. The molecule has 0 aliphatic rings. The van der Waals surface area contributed by atoms with Crippen molar-refractivity contribution in [3.05, 3.63) is 0 Å². The van der Waals surface area contributed by atoms with Crippen LogP contribution in [0.4, 0.5) is 0 Å². The Morgan fingerprint density at radius 2 is 1.68 bits per heavy atom. The summed E-state index contributed by atoms with van der Waals surface area (Å²) in [6.45, 7) is 1.66. The van der Waals surface area contributed by atoms with Gasteiger partial charge in [0, 0.05) is 6.54 Å². The molecule has 0 spiro atoms. The van der Waals surface area contributed by atoms with Gasteiger partial charge in [-0.2, -0.15) is 0 Å². The van der Waals surface area contributed by atoms with Gasteiger partial charge in [-0.25, -0.2) is 4.79 Å². The fourth-order valence-corrected chi connectivity index (χ4v) is 1.73. The van der Waals surface area contributed by atoms with E-state index in [9.17, 15) is 19.2 Å². The van der Waals surface area contributed by atoms with Crippen LogP contribution in [-0.4, -0.2) is 59.4 Å². The summed E-state index contributed by atoms with van der Waals surface area (Å²) >= 11 is 0. The molecule has 11 N–H and O–H groups in total. The number of hydrogen-bond donors (Lipinski definition) is 7. The molecule has 12 heteroatoms. The number of aliphatic imine (C=N–C) groups is 1. The van der Waals surface area contributed by atoms with Crippen LogP contribution in [0.5, 0.6) is 0 Å². The molecule has 0 aromatic carbocycles. The average molecular weight is 359 g/mol. The van der Waals surface area contributed by atoms with E-state index in [0.29, 0.717) is 13.0 Å². The Kier molecular flexibility index (Phi) is 9.56. The highest BCUT2D eigenvalue weighted by molar-refractivity contribution is 5.92. The molecule has 3 atom stereocenters. The molecule has 0 aromatic heterocycles. The van der Waals surface area contributed by atoms with Gasteiger partial charge in [0.15, 0.2) is 5.96 Å². The molecule has 3 amide bonds. The van der Waals surface area contributed by atoms with Crippen LogP contribution in [-0.2, 0) is 19.2 Å². The van der Waals surface area contributed by atoms with E-state index in [1.165, 1.54) is 6.92 Å². The molecule has 0 saturated carbocycles. The minimum atomic E-state index is -1.47. The number of nitrogens with two attached hydrogens (primary N) is 4. The molecule has 0 radical (unpaired) electrons. The van der Waals surface area contributed by atoms with Gasteiger partial charge in [0.05, 0.1) is 12.5 Å². The summed E-state index contributed by atoms with van der Waals surface area (Å²) in [6, 6.07) is -3.41. The topological polar surface area (TPSA) is 229 Å². The van der Waals surface area contributed by atoms with Crippen molar-refractivity contribution >= 4 is 29.7 Å². The molecule has 142 valence electrons. The Balaban J connectivity index is 4.44. The fraction of sp³-hybridized carbons (Fsp3) is 0.615. The molecule has 0 aromatic rings. The smallest absolute Gasteiger partial charge is 0.326 e. The zero-order chi connectivity index (χ0) is 19.6. The second-order valence-electron chi connectivity index (χ2n) is 5.36. The van der Waals surface area contributed by atoms with Gasteiger partial charge in [0.25, 0.3) is 0 Å². The van der Waals surface area contributed by atoms with Gasteiger partial charge in [0.1, 0.15) is 12.1 Å². The van der Waals surface area contributed by atoms with Crippen LogP contribution in [0.2, 0.25) is 0 Å². The molecular formula is C13H25N7O5. The molecule has 25 heavy (non-hydrogen) atoms. The van der Waals surface area contributed by atoms with Gasteiger partial charge in [-0.3, -0.25) is 19.4 Å². The van der Waals surface area contributed by atoms with E-state index in [1.807, 2.05) is 0 Å². The lowest BCUT2D eigenvalue weighted by Gasteiger charge is -2.19. The summed E-state index contributed by atoms with van der Waals surface area (Å²) in [5.74, 6) is -3.73. The molecule has 0 heterocycles. The van der Waals surface area contributed by atoms with E-state index >= 15 is 0 Å². The fourth-order valence-electron chi connectivity index (χ4n) is 1.73. The molecule has 0 fully saturated rings. The highest BCUT2D eigenvalue weighted by atomic mass is 16.4. The van der Waals surface area contributed by atoms with Crippen LogP contribution in [0.15, 0.2) is 4.99 Å². The van der Waals surface area contributed by atoms with Gasteiger partial charge in [-0.15, -0.1) is 0 Å². The number of carbonyl (C=O) groups excluding carboxylic acids is 3. The number of rotatable bonds is 11. The quantitative estimate of drug-likeness (QED) is 0.110. The summed E-state index contributed by atoms with van der Waals surface area (Å²) in [7, 11) is 0. The van der Waals surface area contributed by atoms with E-state index < -0.39 is 48.2 Å². The van der Waals surface area contributed by atoms with Crippen LogP contribution < -0.4 is 33.6 Å². The normalized spacial score (nSPS) is 13.8. The van der Waals surface area contributed by atoms with Crippen molar-refractivity contribution in [2.45, 2.75) is 44.3 Å². The molecule has 0 aliphatic heterocycles. The van der Waals surface area contributed by atoms with E-state index in [4.69, 9.17) is 28.0 Å². The minimum absolute atomic E-state index is 0.0627. The first kappa shape index (κ1) is 22.1. The maximum atomic E-state index is 11.9. The number of carboxylic acid groups (broad SMARTS) is 1. The van der Waals surface area contributed by atoms with Gasteiger partial charge in [-0.1, -0.05) is 0 Å². The summed E-state index contributed by atoms with van der Waals surface area (Å²) in [5.41, 5.74) is 20.9. The summed E-state index contributed by atoms with van der Waals surface area (Å²) in [4.78, 5) is 49.3. The van der Waals surface area contributed by atoms with E-state index in [-0.39, 0.29) is 12.4 Å². The van der Waals surface area contributed by atoms with Crippen molar-refractivity contribution in [2.75, 3.05) is 6.54 Å². The van der Waals surface area contributed by atoms with Gasteiger partial charge in [0.2, 0.25) is 17.7 Å². The van der Waals surface area contributed by atoms with Crippen molar-refractivity contribution in [3.63, 3.8) is 0 Å². The second-order valence-corrected chi connectivity index (χ2v) is 5.36. The van der Waals surface area contributed by atoms with Crippen molar-refractivity contribution in [2.24, 2.45) is 27.9 Å². The molecule has 0 saturated heterocycles. The molecular weight excluding hydrogens is 334 g/mol. The maximum absolute atomic E-state index is 11.9. The third-order valence-electron chi connectivity index (χ3n) is 3.08. The SMILES string of the molecule is CC(NC(=O)C(N)CCCN=C(N)N)C(=O)NC(CC(N)=O)C(=O)O. The third kappa shape index (κ3) is 9.76. The molecule has 12 nitrogen and oxygen atoms in total. The molecule has 0 aliphatic carbocycles. The van der Waals surface area contributed by atoms with Gasteiger partial charge in [-0.05, 0) is 19.8 Å². The first-order valence-corrected chi connectivity index (χ1v) is 7.47. The van der Waals surface area contributed by atoms with Crippen molar-refractivity contribution in [3.8, 4) is 0 Å². The lowest BCUT2D eigenvalue weighted by molar-refractivity contribution is -0.143. The third-order valence-corrected chi connectivity index (χ3v) is 3.08. The number of guanidine groups is 1. The van der Waals surface area contributed by atoms with Crippen LogP contribution >= 0.6 is 0 Å². The van der Waals surface area contributed by atoms with Crippen LogP contribution in [0.3, 0.4) is 0 Å². The minimum Gasteiger partial charge on any atom is -0.480 e. The maximum Gasteiger partial charge on any atom is 0.326 e. The Morgan fingerprint density at radius 1 is 1.08 bits per heavy atom. The first-order chi connectivity index (χ1) is 11.5. The predicted octanol–water partition coefficient (Wildman–Crippen LogP) is -3.68. The van der Waals surface area contributed by atoms with Crippen molar-refractivity contribution < 1.29 is 24.3 Å². The number of aliphatic carboxylic acids is 1. The Labute approximate surface area is 144 Å². The molecule has 0 bridgehead atoms. The largest absolute Gasteiger partial charge is 0.480 e. The number of hydrogen-bond acceptors (Lipinski definition) is 6. The highest BCUT2D eigenvalue weighted by Gasteiger charge is 2.26. The lowest BCUT2D eigenvalue weighted by atomic mass is 10.1. The summed E-state index contributed by atoms with van der Waals surface area (Å²) < 4.78 is 0. The van der Waals surface area contributed by atoms with Gasteiger partial charge < -0.3 is 38.7 Å². The second kappa shape index (κ2) is 10.8. The average Bonchev–Trinajstić information content (AvgIpc) is 2.49. The number of primary amides is 1. The van der Waals surface area contributed by atoms with E-state index in [1.54, 1.807) is 0 Å². The van der Waals surface area contributed by atoms with Crippen molar-refractivity contribution in [1.82, 2.24) is 10.6 Å². The standard InChI is InChI=1S/C13H25N7O5/c1-6(10(22)20-8(12(24)25)5-9(15)21)19-11(23)7(14)3-2-4-18-13(16)17/h6-8H,2-5,14H2,1H3,(H2,15,21)(H,19,23)(H,20,22)(H,24,25)(H4,16,17,18). The predicted molar refractivity (Wildman–Crippen MR) is 88.9 cm³/mol. The van der Waals surface area contributed by atoms with Gasteiger partial charge >= 0.3 is 5.97 Å². The number of nitrogens with zero attached hydrogens (tertiary/aromatic N) is 1. The van der Waals surface area contributed by atoms with Crippen LogP contribution in [0.25, 0.3) is 0 Å². The van der Waals surface area contributed by atoms with Crippen LogP contribution in [0.1, 0.15) is 26.2 Å². The first-order valence-electron chi connectivity index (χ1n) is 7.47. The zero-order valence-electron chi connectivity index (χ0n) is 13.9. The number of nitrogens with one attached hydrogen (secondary N) is 2. The Morgan fingerprint density at radius 3 is 2.16 bits per heavy atom. The Hall–Kier alpha value is -2.89. The number of carboxylic acids is 1. The van der Waals surface area contributed by atoms with Crippen molar-refractivity contribution in [1.29, 1.82) is 0 Å². The summed E-state index contributed by atoms with van der Waals surface area (Å²) in [5, 5.41) is 13.4. The number of amides is 3. The summed E-state index contributed by atoms with van der Waals surface area (Å²) in [6.07, 6.45) is 0.190. The number of carbonyl (C=O) groups is 4. The van der Waals surface area contributed by atoms with E-state index in [0.717, 1.165) is 0 Å². The zero-order valence-corrected chi connectivity index (χ0v) is 13.9. The van der Waals surface area contributed by atoms with E-state index in [2.05, 4.69) is 15.6 Å². The molecule has 0 rings (SSSR count). The highest BCUT2D eigenvalue weighted by Crippen LogP contribution is 1.98. The monoisotopic (exact) mass is 359 g/mol. The Bertz CT molecular complexity index is 533.